The van der Waals surface area contributed by atoms with Gasteiger partial charge >= 0.3 is 0 Å². The van der Waals surface area contributed by atoms with E-state index in [2.05, 4.69) is 22.4 Å². The molecule has 4 heteroatoms. The lowest BCUT2D eigenvalue weighted by atomic mass is 10.0. The summed E-state index contributed by atoms with van der Waals surface area (Å²) in [5, 5.41) is 3.30. The molecule has 0 aliphatic carbocycles. The van der Waals surface area contributed by atoms with Crippen LogP contribution in [0.2, 0.25) is 0 Å². The van der Waals surface area contributed by atoms with Crippen LogP contribution in [0.4, 0.5) is 0 Å². The summed E-state index contributed by atoms with van der Waals surface area (Å²) >= 11 is 1.65. The molecule has 3 nitrogen and oxygen atoms in total. The lowest BCUT2D eigenvalue weighted by Crippen LogP contribution is -2.48. The molecule has 1 aromatic heterocycles. The Morgan fingerprint density at radius 3 is 3.12 bits per heavy atom. The molecule has 0 radical (unpaired) electrons. The van der Waals surface area contributed by atoms with Crippen molar-refractivity contribution in [2.24, 2.45) is 5.73 Å². The van der Waals surface area contributed by atoms with Gasteiger partial charge in [0.2, 0.25) is 0 Å². The second kappa shape index (κ2) is 3.68. The highest BCUT2D eigenvalue weighted by Crippen LogP contribution is 2.24. The minimum atomic E-state index is -0.479. The summed E-state index contributed by atoms with van der Waals surface area (Å²) in [6.07, 6.45) is 5.97. The van der Waals surface area contributed by atoms with Gasteiger partial charge in [0.25, 0.3) is 0 Å². The average molecular weight is 243 g/mol. The van der Waals surface area contributed by atoms with Gasteiger partial charge in [0.1, 0.15) is 5.66 Å². The Kier molecular flexibility index (Phi) is 2.28. The van der Waals surface area contributed by atoms with Crippen molar-refractivity contribution in [1.82, 2.24) is 10.3 Å². The van der Waals surface area contributed by atoms with Crippen LogP contribution in [0.15, 0.2) is 41.9 Å². The minimum absolute atomic E-state index is 0.479. The molecule has 0 bridgehead atoms. The molecular formula is C13H13N3S. The first-order valence-electron chi connectivity index (χ1n) is 5.44. The third-order valence-corrected chi connectivity index (χ3v) is 3.54. The van der Waals surface area contributed by atoms with Gasteiger partial charge in [-0.3, -0.25) is 0 Å². The van der Waals surface area contributed by atoms with Gasteiger partial charge in [0.15, 0.2) is 0 Å². The average Bonchev–Trinajstić information content (AvgIpc) is 2.74. The third kappa shape index (κ3) is 1.97. The molecule has 0 saturated carbocycles. The molecule has 86 valence electrons. The molecule has 1 atom stereocenters. The number of nitrogens with two attached hydrogens (primary N) is 1. The predicted octanol–water partition coefficient (Wildman–Crippen LogP) is 2.47. The highest BCUT2D eigenvalue weighted by atomic mass is 32.1. The van der Waals surface area contributed by atoms with Gasteiger partial charge < -0.3 is 11.1 Å². The Labute approximate surface area is 104 Å². The molecule has 3 N–H and O–H groups in total. The maximum Gasteiger partial charge on any atom is 0.102 e. The normalized spacial score (nSPS) is 23.5. The van der Waals surface area contributed by atoms with E-state index in [1.807, 2.05) is 36.7 Å². The Balaban J connectivity index is 2.04. The molecule has 1 aromatic carbocycles. The van der Waals surface area contributed by atoms with Crippen LogP contribution < -0.4 is 11.1 Å². The second-order valence-corrected chi connectivity index (χ2v) is 5.27. The Hall–Kier alpha value is -1.65. The fourth-order valence-electron chi connectivity index (χ4n) is 1.91. The first-order valence-corrected chi connectivity index (χ1v) is 6.32. The number of dihydropyridines is 1. The summed E-state index contributed by atoms with van der Waals surface area (Å²) in [4.78, 5) is 4.27. The second-order valence-electron chi connectivity index (χ2n) is 4.38. The minimum Gasteiger partial charge on any atom is -0.364 e. The van der Waals surface area contributed by atoms with E-state index in [1.54, 1.807) is 11.3 Å². The van der Waals surface area contributed by atoms with Gasteiger partial charge in [-0.2, -0.15) is 0 Å². The van der Waals surface area contributed by atoms with Crippen molar-refractivity contribution in [3.63, 3.8) is 0 Å². The number of allylic oxidation sites excluding steroid dienone is 2. The van der Waals surface area contributed by atoms with Crippen molar-refractivity contribution in [3.05, 3.63) is 47.5 Å². The number of hydrogen-bond acceptors (Lipinski definition) is 4. The lowest BCUT2D eigenvalue weighted by molar-refractivity contribution is 0.529. The fourth-order valence-corrected chi connectivity index (χ4v) is 2.63. The van der Waals surface area contributed by atoms with Crippen LogP contribution >= 0.6 is 11.3 Å². The van der Waals surface area contributed by atoms with E-state index in [0.29, 0.717) is 0 Å². The molecule has 17 heavy (non-hydrogen) atoms. The van der Waals surface area contributed by atoms with Crippen molar-refractivity contribution in [2.45, 2.75) is 12.6 Å². The molecule has 0 spiro atoms. The summed E-state index contributed by atoms with van der Waals surface area (Å²) in [7, 11) is 0. The molecule has 0 saturated heterocycles. The fraction of sp³-hybridized carbons (Fsp3) is 0.154. The zero-order chi connectivity index (χ0) is 11.9. The van der Waals surface area contributed by atoms with Crippen LogP contribution in [0, 0.1) is 0 Å². The van der Waals surface area contributed by atoms with Crippen LogP contribution in [0.1, 0.15) is 12.5 Å². The lowest BCUT2D eigenvalue weighted by Gasteiger charge is -2.28. The van der Waals surface area contributed by atoms with E-state index in [4.69, 9.17) is 5.73 Å². The van der Waals surface area contributed by atoms with E-state index in [1.165, 1.54) is 4.70 Å². The van der Waals surface area contributed by atoms with Crippen molar-refractivity contribution in [2.75, 3.05) is 0 Å². The summed E-state index contributed by atoms with van der Waals surface area (Å²) in [6.45, 7) is 1.95. The van der Waals surface area contributed by atoms with Gasteiger partial charge in [-0.25, -0.2) is 4.98 Å². The molecule has 1 aliphatic rings. The molecule has 0 amide bonds. The van der Waals surface area contributed by atoms with Crippen molar-refractivity contribution < 1.29 is 0 Å². The topological polar surface area (TPSA) is 50.9 Å². The predicted molar refractivity (Wildman–Crippen MR) is 72.5 cm³/mol. The first kappa shape index (κ1) is 10.5. The van der Waals surface area contributed by atoms with Gasteiger partial charge in [0, 0.05) is 5.70 Å². The number of fused-ring (bicyclic) bond motifs is 1. The van der Waals surface area contributed by atoms with Crippen LogP contribution in [-0.4, -0.2) is 10.6 Å². The molecule has 0 fully saturated rings. The monoisotopic (exact) mass is 243 g/mol. The number of rotatable bonds is 1. The van der Waals surface area contributed by atoms with E-state index in [0.717, 1.165) is 16.8 Å². The van der Waals surface area contributed by atoms with Crippen LogP contribution in [-0.2, 0) is 0 Å². The quantitative estimate of drug-likeness (QED) is 0.809. The van der Waals surface area contributed by atoms with Crippen LogP contribution in [0.3, 0.4) is 0 Å². The first-order chi connectivity index (χ1) is 8.14. The summed E-state index contributed by atoms with van der Waals surface area (Å²) < 4.78 is 1.19. The van der Waals surface area contributed by atoms with Gasteiger partial charge in [-0.1, -0.05) is 12.1 Å². The van der Waals surface area contributed by atoms with Gasteiger partial charge in [0.05, 0.1) is 15.7 Å². The number of hydrogen-bond donors (Lipinski definition) is 2. The number of nitrogens with one attached hydrogen (secondary N) is 1. The van der Waals surface area contributed by atoms with Crippen molar-refractivity contribution in [1.29, 1.82) is 0 Å². The zero-order valence-corrected chi connectivity index (χ0v) is 10.3. The maximum absolute atomic E-state index is 6.05. The largest absolute Gasteiger partial charge is 0.364 e. The molecule has 2 aromatic rings. The Morgan fingerprint density at radius 2 is 2.29 bits per heavy atom. The van der Waals surface area contributed by atoms with E-state index >= 15 is 0 Å². The molecule has 1 unspecified atom stereocenters. The molecule has 2 heterocycles. The number of benzene rings is 1. The summed E-state index contributed by atoms with van der Waals surface area (Å²) in [5.74, 6) is 0. The number of aromatic nitrogens is 1. The van der Waals surface area contributed by atoms with Crippen molar-refractivity contribution in [3.8, 4) is 0 Å². The van der Waals surface area contributed by atoms with Gasteiger partial charge in [-0.15, -0.1) is 11.3 Å². The van der Waals surface area contributed by atoms with Gasteiger partial charge in [-0.05, 0) is 36.8 Å². The zero-order valence-electron chi connectivity index (χ0n) is 9.47. The maximum atomic E-state index is 6.05. The van der Waals surface area contributed by atoms with E-state index < -0.39 is 5.66 Å². The number of thiazole rings is 1. The molecular weight excluding hydrogens is 230 g/mol. The third-order valence-electron chi connectivity index (χ3n) is 2.75. The summed E-state index contributed by atoms with van der Waals surface area (Å²) in [6, 6.07) is 6.24. The molecule has 3 rings (SSSR count). The SMILES string of the molecule is CC1(N)C=CC=C(c2ccc3ncsc3c2)N1. The van der Waals surface area contributed by atoms with Crippen LogP contribution in [0.25, 0.3) is 15.9 Å². The van der Waals surface area contributed by atoms with Crippen LogP contribution in [0.5, 0.6) is 0 Å². The molecule has 1 aliphatic heterocycles. The van der Waals surface area contributed by atoms with E-state index in [9.17, 15) is 0 Å². The number of nitrogens with zero attached hydrogens (tertiary/aromatic N) is 1. The van der Waals surface area contributed by atoms with Crippen molar-refractivity contribution >= 4 is 27.3 Å². The van der Waals surface area contributed by atoms with E-state index in [-0.39, 0.29) is 0 Å². The standard InChI is InChI=1S/C13H13N3S/c1-13(14)6-2-3-10(16-13)9-4-5-11-12(7-9)17-8-15-11/h2-8,16H,14H2,1H3. The Morgan fingerprint density at radius 1 is 1.41 bits per heavy atom. The Bertz CT molecular complexity index is 622. The highest BCUT2D eigenvalue weighted by Gasteiger charge is 2.18. The smallest absolute Gasteiger partial charge is 0.102 e. The summed E-state index contributed by atoms with van der Waals surface area (Å²) in [5.41, 5.74) is 10.7. The highest BCUT2D eigenvalue weighted by molar-refractivity contribution is 7.16.